The van der Waals surface area contributed by atoms with Gasteiger partial charge < -0.3 is 21.1 Å². The number of nitrogens with two attached hydrogens (primary N) is 1. The van der Waals surface area contributed by atoms with Crippen LogP contribution >= 0.6 is 0 Å². The van der Waals surface area contributed by atoms with Gasteiger partial charge in [-0.05, 0) is 19.0 Å². The van der Waals surface area contributed by atoms with E-state index < -0.39 is 17.6 Å². The number of alkyl halides is 3. The molecule has 0 saturated carbocycles. The Balaban J connectivity index is 1.68. The number of carbonyl (C=O) groups excluding carboxylic acids is 1. The van der Waals surface area contributed by atoms with Crippen LogP contribution in [-0.2, 0) is 6.18 Å². The molecule has 32 heavy (non-hydrogen) atoms. The molecule has 1 unspecified atom stereocenters. The van der Waals surface area contributed by atoms with Crippen molar-refractivity contribution in [1.29, 1.82) is 0 Å². The molecule has 3 heterocycles. The maximum Gasteiger partial charge on any atom is 0.418 e. The van der Waals surface area contributed by atoms with Crippen molar-refractivity contribution in [1.82, 2.24) is 15.3 Å². The Morgan fingerprint density at radius 1 is 1.22 bits per heavy atom. The molecule has 1 aromatic carbocycles. The van der Waals surface area contributed by atoms with E-state index in [1.165, 1.54) is 24.5 Å². The maximum atomic E-state index is 13.6. The summed E-state index contributed by atoms with van der Waals surface area (Å²) in [5, 5.41) is 5.79. The van der Waals surface area contributed by atoms with Gasteiger partial charge in [0.05, 0.1) is 23.1 Å². The zero-order chi connectivity index (χ0) is 22.7. The lowest BCUT2D eigenvalue weighted by atomic mass is 10.0. The molecule has 0 aliphatic carbocycles. The van der Waals surface area contributed by atoms with E-state index in [0.29, 0.717) is 12.3 Å². The summed E-state index contributed by atoms with van der Waals surface area (Å²) in [4.78, 5) is 20.9. The summed E-state index contributed by atoms with van der Waals surface area (Å²) in [6, 6.07) is 10.2. The predicted octanol–water partition coefficient (Wildman–Crippen LogP) is 3.74. The van der Waals surface area contributed by atoms with Gasteiger partial charge in [-0.1, -0.05) is 30.3 Å². The summed E-state index contributed by atoms with van der Waals surface area (Å²) in [5.41, 5.74) is 4.19. The summed E-state index contributed by atoms with van der Waals surface area (Å²) < 4.78 is 46.8. The second-order valence-corrected chi connectivity index (χ2v) is 7.24. The summed E-state index contributed by atoms with van der Waals surface area (Å²) in [6.07, 6.45) is -1.03. The fourth-order valence-electron chi connectivity index (χ4n) is 3.41. The molecule has 1 aliphatic rings. The van der Waals surface area contributed by atoms with E-state index in [9.17, 15) is 18.0 Å². The molecule has 1 saturated heterocycles. The van der Waals surface area contributed by atoms with Crippen LogP contribution in [0.15, 0.2) is 54.9 Å². The summed E-state index contributed by atoms with van der Waals surface area (Å²) in [7, 11) is 0. The third-order valence-corrected chi connectivity index (χ3v) is 4.96. The Morgan fingerprint density at radius 2 is 2.00 bits per heavy atom. The third kappa shape index (κ3) is 4.65. The molecule has 7 nitrogen and oxygen atoms in total. The van der Waals surface area contributed by atoms with E-state index in [2.05, 4.69) is 20.6 Å². The fraction of sp³-hybridized carbons (Fsp3) is 0.227. The van der Waals surface area contributed by atoms with Crippen LogP contribution in [0.2, 0.25) is 0 Å². The molecule has 0 radical (unpaired) electrons. The first-order valence-electron chi connectivity index (χ1n) is 9.89. The van der Waals surface area contributed by atoms with Crippen molar-refractivity contribution < 1.29 is 22.7 Å². The standard InChI is InChI=1S/C22H20F3N5O2/c23-22(24,25)15-10-16(26)20(30-19(15)13-4-2-1-3-5-13)21(31)29-17-12-28-9-7-18(17)32-14-6-8-27-11-14/h1-5,7,9-10,12,14,27H,6,8,11,26H2,(H,29,31). The monoisotopic (exact) mass is 443 g/mol. The van der Waals surface area contributed by atoms with Crippen molar-refractivity contribution in [3.05, 3.63) is 66.1 Å². The average molecular weight is 443 g/mol. The lowest BCUT2D eigenvalue weighted by Gasteiger charge is -2.17. The van der Waals surface area contributed by atoms with E-state index in [0.717, 1.165) is 19.0 Å². The molecule has 4 rings (SSSR count). The van der Waals surface area contributed by atoms with Gasteiger partial charge >= 0.3 is 6.18 Å². The number of ether oxygens (including phenoxy) is 1. The quantitative estimate of drug-likeness (QED) is 0.555. The van der Waals surface area contributed by atoms with Gasteiger partial charge in [-0.3, -0.25) is 9.78 Å². The average Bonchev–Trinajstić information content (AvgIpc) is 3.28. The number of aromatic nitrogens is 2. The minimum atomic E-state index is -4.69. The van der Waals surface area contributed by atoms with Gasteiger partial charge in [0, 0.05) is 24.4 Å². The number of halogens is 3. The first-order chi connectivity index (χ1) is 15.3. The molecule has 1 fully saturated rings. The second-order valence-electron chi connectivity index (χ2n) is 7.24. The number of amides is 1. The fourth-order valence-corrected chi connectivity index (χ4v) is 3.41. The summed E-state index contributed by atoms with van der Waals surface area (Å²) in [5.74, 6) is -0.369. The molecule has 166 valence electrons. The molecular formula is C22H20F3N5O2. The SMILES string of the molecule is Nc1cc(C(F)(F)F)c(-c2ccccc2)nc1C(=O)Nc1cnccc1OC1CCNC1. The zero-order valence-electron chi connectivity index (χ0n) is 16.8. The third-order valence-electron chi connectivity index (χ3n) is 4.96. The number of pyridine rings is 2. The molecule has 1 amide bonds. The van der Waals surface area contributed by atoms with Gasteiger partial charge in [0.25, 0.3) is 5.91 Å². The maximum absolute atomic E-state index is 13.6. The first-order valence-corrected chi connectivity index (χ1v) is 9.89. The van der Waals surface area contributed by atoms with Gasteiger partial charge in [-0.2, -0.15) is 13.2 Å². The number of rotatable bonds is 5. The number of anilines is 2. The van der Waals surface area contributed by atoms with Crippen LogP contribution in [0.25, 0.3) is 11.3 Å². The Labute approximate surface area is 181 Å². The highest BCUT2D eigenvalue weighted by molar-refractivity contribution is 6.07. The van der Waals surface area contributed by atoms with Crippen molar-refractivity contribution >= 4 is 17.3 Å². The van der Waals surface area contributed by atoms with E-state index in [-0.39, 0.29) is 34.4 Å². The molecule has 3 aromatic rings. The van der Waals surface area contributed by atoms with Gasteiger partial charge in [-0.25, -0.2) is 4.98 Å². The normalized spacial score (nSPS) is 16.0. The molecular weight excluding hydrogens is 423 g/mol. The van der Waals surface area contributed by atoms with Crippen molar-refractivity contribution in [2.24, 2.45) is 0 Å². The van der Waals surface area contributed by atoms with Crippen LogP contribution < -0.4 is 21.1 Å². The molecule has 1 atom stereocenters. The van der Waals surface area contributed by atoms with Crippen LogP contribution in [0.1, 0.15) is 22.5 Å². The smallest absolute Gasteiger partial charge is 0.418 e. The first kappa shape index (κ1) is 21.6. The molecule has 4 N–H and O–H groups in total. The van der Waals surface area contributed by atoms with Crippen molar-refractivity contribution in [2.45, 2.75) is 18.7 Å². The van der Waals surface area contributed by atoms with E-state index in [4.69, 9.17) is 10.5 Å². The lowest BCUT2D eigenvalue weighted by Crippen LogP contribution is -2.22. The van der Waals surface area contributed by atoms with E-state index in [1.807, 2.05) is 0 Å². The minimum absolute atomic E-state index is 0.0630. The number of hydrogen-bond donors (Lipinski definition) is 3. The number of nitrogens with zero attached hydrogens (tertiary/aromatic N) is 2. The molecule has 0 spiro atoms. The van der Waals surface area contributed by atoms with Gasteiger partial charge in [0.2, 0.25) is 0 Å². The van der Waals surface area contributed by atoms with Gasteiger partial charge in [0.1, 0.15) is 17.5 Å². The van der Waals surface area contributed by atoms with Crippen molar-refractivity contribution in [3.8, 4) is 17.0 Å². The minimum Gasteiger partial charge on any atom is -0.487 e. The molecule has 2 aromatic heterocycles. The van der Waals surface area contributed by atoms with Gasteiger partial charge in [0.15, 0.2) is 5.69 Å². The molecule has 1 aliphatic heterocycles. The van der Waals surface area contributed by atoms with Crippen LogP contribution in [-0.4, -0.2) is 35.1 Å². The Kier molecular flexibility index (Phi) is 5.95. The highest BCUT2D eigenvalue weighted by Crippen LogP contribution is 2.38. The van der Waals surface area contributed by atoms with Crippen LogP contribution in [0.4, 0.5) is 24.5 Å². The highest BCUT2D eigenvalue weighted by atomic mass is 19.4. The van der Waals surface area contributed by atoms with E-state index in [1.54, 1.807) is 24.3 Å². The highest BCUT2D eigenvalue weighted by Gasteiger charge is 2.36. The number of hydrogen-bond acceptors (Lipinski definition) is 6. The van der Waals surface area contributed by atoms with E-state index >= 15 is 0 Å². The van der Waals surface area contributed by atoms with Gasteiger partial charge in [-0.15, -0.1) is 0 Å². The Bertz CT molecular complexity index is 1120. The molecule has 10 heteroatoms. The number of carbonyl (C=O) groups is 1. The zero-order valence-corrected chi connectivity index (χ0v) is 16.8. The lowest BCUT2D eigenvalue weighted by molar-refractivity contribution is -0.137. The molecule has 0 bridgehead atoms. The van der Waals surface area contributed by atoms with Crippen LogP contribution in [0.5, 0.6) is 5.75 Å². The van der Waals surface area contributed by atoms with Crippen molar-refractivity contribution in [3.63, 3.8) is 0 Å². The Hall–Kier alpha value is -3.66. The second kappa shape index (κ2) is 8.83. The van der Waals surface area contributed by atoms with Crippen LogP contribution in [0, 0.1) is 0 Å². The predicted molar refractivity (Wildman–Crippen MR) is 113 cm³/mol. The summed E-state index contributed by atoms with van der Waals surface area (Å²) in [6.45, 7) is 1.50. The largest absolute Gasteiger partial charge is 0.487 e. The number of nitrogens with one attached hydrogen (secondary N) is 2. The number of benzene rings is 1. The number of nitrogen functional groups attached to an aromatic ring is 1. The Morgan fingerprint density at radius 3 is 2.69 bits per heavy atom. The van der Waals surface area contributed by atoms with Crippen molar-refractivity contribution in [2.75, 3.05) is 24.1 Å². The van der Waals surface area contributed by atoms with Crippen LogP contribution in [0.3, 0.4) is 0 Å². The topological polar surface area (TPSA) is 102 Å². The summed E-state index contributed by atoms with van der Waals surface area (Å²) >= 11 is 0.